The van der Waals surface area contributed by atoms with E-state index < -0.39 is 0 Å². The number of hydrogen-bond acceptors (Lipinski definition) is 5. The van der Waals surface area contributed by atoms with E-state index in [1.54, 1.807) is 6.92 Å². The van der Waals surface area contributed by atoms with Crippen LogP contribution in [-0.4, -0.2) is 55.2 Å². The number of hydrogen-bond donors (Lipinski definition) is 0. The maximum absolute atomic E-state index is 13.3. The van der Waals surface area contributed by atoms with Gasteiger partial charge in [0.15, 0.2) is 11.6 Å². The summed E-state index contributed by atoms with van der Waals surface area (Å²) in [6, 6.07) is 14.1. The molecule has 34 heavy (non-hydrogen) atoms. The smallest absolute Gasteiger partial charge is 0.169 e. The summed E-state index contributed by atoms with van der Waals surface area (Å²) in [5.74, 6) is 1.16. The molecule has 1 aromatic heterocycles. The zero-order valence-electron chi connectivity index (χ0n) is 20.4. The minimum atomic E-state index is 0.0671. The van der Waals surface area contributed by atoms with Gasteiger partial charge in [-0.05, 0) is 75.9 Å². The minimum absolute atomic E-state index is 0.0671. The van der Waals surface area contributed by atoms with Crippen LogP contribution in [-0.2, 0) is 0 Å². The molecule has 0 atom stereocenters. The first kappa shape index (κ1) is 22.7. The molecule has 2 aliphatic rings. The maximum atomic E-state index is 13.3. The van der Waals surface area contributed by atoms with Crippen molar-refractivity contribution in [3.05, 3.63) is 59.8 Å². The second-order valence-electron chi connectivity index (χ2n) is 10.2. The number of rotatable bonds is 7. The molecule has 1 saturated heterocycles. The quantitative estimate of drug-likeness (QED) is 0.442. The average Bonchev–Trinajstić information content (AvgIpc) is 3.68. The summed E-state index contributed by atoms with van der Waals surface area (Å²) in [4.78, 5) is 34.3. The van der Waals surface area contributed by atoms with Crippen LogP contribution in [0.5, 0.6) is 0 Å². The fourth-order valence-electron chi connectivity index (χ4n) is 5.20. The van der Waals surface area contributed by atoms with Crippen LogP contribution in [0, 0.1) is 11.8 Å². The third-order valence-electron chi connectivity index (χ3n) is 7.23. The van der Waals surface area contributed by atoms with Gasteiger partial charge in [-0.15, -0.1) is 0 Å². The highest BCUT2D eigenvalue weighted by Crippen LogP contribution is 2.40. The molecule has 1 saturated carbocycles. The third kappa shape index (κ3) is 4.62. The first-order chi connectivity index (χ1) is 16.4. The van der Waals surface area contributed by atoms with Crippen LogP contribution in [0.15, 0.2) is 48.7 Å². The van der Waals surface area contributed by atoms with Gasteiger partial charge in [-0.25, -0.2) is 0 Å². The van der Waals surface area contributed by atoms with Crippen LogP contribution in [0.1, 0.15) is 53.3 Å². The van der Waals surface area contributed by atoms with Crippen molar-refractivity contribution in [2.45, 2.75) is 32.6 Å². The molecular weight excluding hydrogens is 422 g/mol. The molecule has 2 heterocycles. The molecule has 1 aliphatic heterocycles. The lowest BCUT2D eigenvalue weighted by molar-refractivity contribution is 0.0966. The van der Waals surface area contributed by atoms with E-state index >= 15 is 0 Å². The van der Waals surface area contributed by atoms with Gasteiger partial charge in [-0.2, -0.15) is 0 Å². The highest BCUT2D eigenvalue weighted by molar-refractivity contribution is 6.10. The van der Waals surface area contributed by atoms with Crippen molar-refractivity contribution in [1.82, 2.24) is 9.88 Å². The SMILES string of the molecule is CC(=O)c1ccc(-c2ccc3ncc(C(=O)C4CC4)c(N4CCC(CN(C)C)CC4)c3c2)cc1. The molecule has 0 unspecified atom stereocenters. The third-order valence-corrected chi connectivity index (χ3v) is 7.23. The van der Waals surface area contributed by atoms with Gasteiger partial charge in [0.2, 0.25) is 0 Å². The predicted molar refractivity (Wildman–Crippen MR) is 138 cm³/mol. The second kappa shape index (κ2) is 9.30. The highest BCUT2D eigenvalue weighted by Gasteiger charge is 2.34. The van der Waals surface area contributed by atoms with E-state index in [4.69, 9.17) is 4.98 Å². The molecule has 5 rings (SSSR count). The first-order valence-electron chi connectivity index (χ1n) is 12.4. The summed E-state index contributed by atoms with van der Waals surface area (Å²) < 4.78 is 0. The summed E-state index contributed by atoms with van der Waals surface area (Å²) in [7, 11) is 4.28. The molecule has 5 nitrogen and oxygen atoms in total. The molecule has 2 aromatic carbocycles. The molecule has 3 aromatic rings. The number of benzene rings is 2. The molecular formula is C29H33N3O2. The number of aromatic nitrogens is 1. The number of carbonyl (C=O) groups excluding carboxylic acids is 2. The lowest BCUT2D eigenvalue weighted by Gasteiger charge is -2.36. The number of anilines is 1. The Kier molecular flexibility index (Phi) is 6.22. The van der Waals surface area contributed by atoms with E-state index in [1.165, 1.54) is 0 Å². The Morgan fingerprint density at radius 3 is 2.26 bits per heavy atom. The van der Waals surface area contributed by atoms with Gasteiger partial charge >= 0.3 is 0 Å². The number of ketones is 2. The minimum Gasteiger partial charge on any atom is -0.370 e. The van der Waals surface area contributed by atoms with Crippen LogP contribution in [0.25, 0.3) is 22.0 Å². The van der Waals surface area contributed by atoms with Crippen LogP contribution in [0.2, 0.25) is 0 Å². The fraction of sp³-hybridized carbons (Fsp3) is 0.414. The van der Waals surface area contributed by atoms with Crippen LogP contribution in [0.4, 0.5) is 5.69 Å². The molecule has 1 aliphatic carbocycles. The Bertz CT molecular complexity index is 1220. The monoisotopic (exact) mass is 455 g/mol. The van der Waals surface area contributed by atoms with Crippen molar-refractivity contribution in [1.29, 1.82) is 0 Å². The second-order valence-corrected chi connectivity index (χ2v) is 10.2. The molecule has 176 valence electrons. The Morgan fingerprint density at radius 1 is 0.971 bits per heavy atom. The molecule has 0 amide bonds. The number of piperidine rings is 1. The molecule has 0 radical (unpaired) electrons. The van der Waals surface area contributed by atoms with Crippen molar-refractivity contribution in [2.24, 2.45) is 11.8 Å². The first-order valence-corrected chi connectivity index (χ1v) is 12.4. The van der Waals surface area contributed by atoms with E-state index in [0.717, 1.165) is 78.6 Å². The van der Waals surface area contributed by atoms with Gasteiger partial charge in [0.05, 0.1) is 16.8 Å². The van der Waals surface area contributed by atoms with Crippen molar-refractivity contribution >= 4 is 28.2 Å². The van der Waals surface area contributed by atoms with Crippen LogP contribution >= 0.6 is 0 Å². The average molecular weight is 456 g/mol. The largest absolute Gasteiger partial charge is 0.370 e. The van der Waals surface area contributed by atoms with Crippen LogP contribution < -0.4 is 4.90 Å². The number of fused-ring (bicyclic) bond motifs is 1. The fourth-order valence-corrected chi connectivity index (χ4v) is 5.20. The molecule has 0 spiro atoms. The lowest BCUT2D eigenvalue weighted by atomic mass is 9.93. The van der Waals surface area contributed by atoms with E-state index in [9.17, 15) is 9.59 Å². The molecule has 5 heteroatoms. The molecule has 2 fully saturated rings. The zero-order valence-corrected chi connectivity index (χ0v) is 20.4. The Morgan fingerprint density at radius 2 is 1.65 bits per heavy atom. The number of nitrogens with zero attached hydrogens (tertiary/aromatic N) is 3. The zero-order chi connectivity index (χ0) is 23.8. The summed E-state index contributed by atoms with van der Waals surface area (Å²) >= 11 is 0. The predicted octanol–water partition coefficient (Wildman–Crippen LogP) is 5.48. The van der Waals surface area contributed by atoms with E-state index in [2.05, 4.69) is 42.1 Å². The molecule has 0 bridgehead atoms. The van der Waals surface area contributed by atoms with Crippen molar-refractivity contribution in [3.8, 4) is 11.1 Å². The maximum Gasteiger partial charge on any atom is 0.169 e. The topological polar surface area (TPSA) is 53.5 Å². The normalized spacial score (nSPS) is 16.9. The number of carbonyl (C=O) groups is 2. The van der Waals surface area contributed by atoms with E-state index in [0.29, 0.717) is 11.5 Å². The summed E-state index contributed by atoms with van der Waals surface area (Å²) in [5, 5.41) is 1.05. The lowest BCUT2D eigenvalue weighted by Crippen LogP contribution is -2.38. The van der Waals surface area contributed by atoms with E-state index in [-0.39, 0.29) is 17.5 Å². The van der Waals surface area contributed by atoms with Crippen LogP contribution in [0.3, 0.4) is 0 Å². The van der Waals surface area contributed by atoms with Crippen molar-refractivity contribution in [2.75, 3.05) is 38.6 Å². The van der Waals surface area contributed by atoms with Gasteiger partial charge in [-0.1, -0.05) is 30.3 Å². The summed E-state index contributed by atoms with van der Waals surface area (Å²) in [5.41, 5.74) is 5.61. The molecule has 0 N–H and O–H groups in total. The summed E-state index contributed by atoms with van der Waals surface area (Å²) in [6.45, 7) is 4.61. The highest BCUT2D eigenvalue weighted by atomic mass is 16.1. The standard InChI is InChI=1S/C29H33N3O2/c1-19(33)21-4-6-22(7-5-21)24-10-11-27-25(16-24)28(26(17-30-27)29(34)23-8-9-23)32-14-12-20(13-15-32)18-31(2)3/h4-7,10-11,16-17,20,23H,8-9,12-15,18H2,1-3H3. The Balaban J connectivity index is 1.56. The van der Waals surface area contributed by atoms with Crippen molar-refractivity contribution < 1.29 is 9.59 Å². The van der Waals surface area contributed by atoms with Gasteiger partial charge in [0.25, 0.3) is 0 Å². The van der Waals surface area contributed by atoms with Crippen molar-refractivity contribution in [3.63, 3.8) is 0 Å². The van der Waals surface area contributed by atoms with Gasteiger partial charge in [0, 0.05) is 42.7 Å². The number of Topliss-reactive ketones (excluding diaryl/α,β-unsaturated/α-hetero) is 2. The van der Waals surface area contributed by atoms with Gasteiger partial charge < -0.3 is 9.80 Å². The Hall–Kier alpha value is -3.05. The number of pyridine rings is 1. The van der Waals surface area contributed by atoms with Gasteiger partial charge in [-0.3, -0.25) is 14.6 Å². The van der Waals surface area contributed by atoms with Gasteiger partial charge in [0.1, 0.15) is 0 Å². The summed E-state index contributed by atoms with van der Waals surface area (Å²) in [6.07, 6.45) is 6.05. The Labute approximate surface area is 201 Å². The van der Waals surface area contributed by atoms with E-state index in [1.807, 2.05) is 30.5 Å².